The Morgan fingerprint density at radius 1 is 0.300 bits per heavy atom. The quantitative estimate of drug-likeness (QED) is 0.0262. The van der Waals surface area contributed by atoms with Gasteiger partial charge in [0, 0.05) is 19.3 Å². The summed E-state index contributed by atoms with van der Waals surface area (Å²) in [4.78, 5) is 38.0. The van der Waals surface area contributed by atoms with Crippen molar-refractivity contribution in [3.05, 3.63) is 134 Å². The highest BCUT2D eigenvalue weighted by Gasteiger charge is 2.19. The Hall–Kier alpha value is -4.45. The lowest BCUT2D eigenvalue weighted by Gasteiger charge is -2.18. The third-order valence-corrected chi connectivity index (χ3v) is 11.4. The van der Waals surface area contributed by atoms with Gasteiger partial charge in [0.2, 0.25) is 0 Å². The molecular weight excluding hydrogens is 865 g/mol. The van der Waals surface area contributed by atoms with E-state index in [1.54, 1.807) is 0 Å². The molecule has 0 rings (SSSR count). The fourth-order valence-corrected chi connectivity index (χ4v) is 7.24. The number of esters is 3. The van der Waals surface area contributed by atoms with E-state index in [-0.39, 0.29) is 37.5 Å². The minimum Gasteiger partial charge on any atom is -0.462 e. The summed E-state index contributed by atoms with van der Waals surface area (Å²) >= 11 is 0. The topological polar surface area (TPSA) is 78.9 Å². The van der Waals surface area contributed by atoms with Crippen LogP contribution in [0.15, 0.2) is 134 Å². The second-order valence-electron chi connectivity index (χ2n) is 18.1. The molecule has 0 bridgehead atoms. The summed E-state index contributed by atoms with van der Waals surface area (Å²) in [6.07, 6.45) is 80.3. The van der Waals surface area contributed by atoms with Crippen molar-refractivity contribution in [3.63, 3.8) is 0 Å². The van der Waals surface area contributed by atoms with E-state index in [4.69, 9.17) is 14.2 Å². The molecular formula is C64H102O6. The Balaban J connectivity index is 4.32. The van der Waals surface area contributed by atoms with Crippen LogP contribution < -0.4 is 0 Å². The zero-order valence-corrected chi connectivity index (χ0v) is 45.0. The van der Waals surface area contributed by atoms with Gasteiger partial charge in [-0.15, -0.1) is 0 Å². The standard InChI is InChI=1S/C64H102O6/c1-4-7-10-13-16-19-21-23-25-27-28-29-30-31-32-33-34-35-36-38-39-41-43-45-48-51-54-57-63(66)69-60-61(59-68-62(65)56-53-50-47-18-15-12-9-6-3)70-64(67)58-55-52-49-46-44-42-40-37-26-24-22-20-17-14-11-8-5-2/h7-8,10-11,16-17,19-20,23-26,28-29,31-32,34-35,40,42,46,49,61H,4-6,9,12-15,18,21-22,27,30,33,36-39,41,43-45,47-48,50-60H2,1-3H3/b10-7-,11-8-,19-16-,20-17-,25-23-,26-24-,29-28-,32-31-,35-34-,42-40-,49-46-. The lowest BCUT2D eigenvalue weighted by Crippen LogP contribution is -2.30. The van der Waals surface area contributed by atoms with Crippen molar-refractivity contribution in [2.24, 2.45) is 0 Å². The van der Waals surface area contributed by atoms with Crippen molar-refractivity contribution in [2.45, 2.75) is 239 Å². The summed E-state index contributed by atoms with van der Waals surface area (Å²) in [7, 11) is 0. The first kappa shape index (κ1) is 65.5. The van der Waals surface area contributed by atoms with Crippen molar-refractivity contribution in [1.29, 1.82) is 0 Å². The van der Waals surface area contributed by atoms with Gasteiger partial charge in [-0.3, -0.25) is 14.4 Å². The summed E-state index contributed by atoms with van der Waals surface area (Å²) < 4.78 is 16.7. The number of carbonyl (C=O) groups is 3. The average Bonchev–Trinajstić information content (AvgIpc) is 3.36. The van der Waals surface area contributed by atoms with E-state index in [1.165, 1.54) is 64.2 Å². The van der Waals surface area contributed by atoms with Gasteiger partial charge in [0.15, 0.2) is 6.10 Å². The van der Waals surface area contributed by atoms with Crippen LogP contribution in [0.4, 0.5) is 0 Å². The first-order chi connectivity index (χ1) is 34.5. The van der Waals surface area contributed by atoms with Crippen molar-refractivity contribution < 1.29 is 28.6 Å². The SMILES string of the molecule is CC/C=C\C/C=C\C/C=C\C/C=C\C/C=C\C/C=C\CCCCCCCCCCC(=O)OCC(COC(=O)CCCCCCCCCC)OC(=O)CCC/C=C\C/C=C\C/C=C\C/C=C\C/C=C\CC. The van der Waals surface area contributed by atoms with E-state index in [2.05, 4.69) is 154 Å². The molecule has 0 aromatic carbocycles. The van der Waals surface area contributed by atoms with Crippen LogP contribution in [-0.4, -0.2) is 37.2 Å². The first-order valence-electron chi connectivity index (χ1n) is 28.2. The van der Waals surface area contributed by atoms with E-state index >= 15 is 0 Å². The number of rotatable bonds is 49. The van der Waals surface area contributed by atoms with Gasteiger partial charge in [-0.25, -0.2) is 0 Å². The number of unbranched alkanes of at least 4 members (excludes halogenated alkanes) is 16. The van der Waals surface area contributed by atoms with Crippen LogP contribution >= 0.6 is 0 Å². The van der Waals surface area contributed by atoms with Crippen molar-refractivity contribution >= 4 is 17.9 Å². The number of allylic oxidation sites excluding steroid dienone is 22. The first-order valence-corrected chi connectivity index (χ1v) is 28.2. The molecule has 0 fully saturated rings. The molecule has 0 saturated heterocycles. The lowest BCUT2D eigenvalue weighted by molar-refractivity contribution is -0.167. The molecule has 394 valence electrons. The van der Waals surface area contributed by atoms with Crippen LogP contribution in [-0.2, 0) is 28.6 Å². The Bertz CT molecular complexity index is 1530. The highest BCUT2D eigenvalue weighted by Crippen LogP contribution is 2.13. The predicted octanol–water partition coefficient (Wildman–Crippen LogP) is 19.0. The number of ether oxygens (including phenoxy) is 3. The largest absolute Gasteiger partial charge is 0.462 e. The normalized spacial score (nSPS) is 13.1. The minimum atomic E-state index is -0.813. The van der Waals surface area contributed by atoms with Gasteiger partial charge < -0.3 is 14.2 Å². The van der Waals surface area contributed by atoms with Gasteiger partial charge in [0.05, 0.1) is 0 Å². The third-order valence-electron chi connectivity index (χ3n) is 11.4. The van der Waals surface area contributed by atoms with E-state index in [0.717, 1.165) is 122 Å². The van der Waals surface area contributed by atoms with E-state index < -0.39 is 6.10 Å². The van der Waals surface area contributed by atoms with Crippen LogP contribution in [0.2, 0.25) is 0 Å². The summed E-state index contributed by atoms with van der Waals surface area (Å²) in [6, 6.07) is 0. The molecule has 0 aliphatic carbocycles. The maximum Gasteiger partial charge on any atom is 0.306 e. The molecule has 1 unspecified atom stereocenters. The van der Waals surface area contributed by atoms with Crippen molar-refractivity contribution in [1.82, 2.24) is 0 Å². The molecule has 0 aliphatic heterocycles. The van der Waals surface area contributed by atoms with Crippen LogP contribution in [0.25, 0.3) is 0 Å². The molecule has 0 saturated carbocycles. The average molecular weight is 968 g/mol. The number of hydrogen-bond acceptors (Lipinski definition) is 6. The van der Waals surface area contributed by atoms with Crippen LogP contribution in [0.3, 0.4) is 0 Å². The molecule has 0 amide bonds. The molecule has 0 aliphatic rings. The monoisotopic (exact) mass is 967 g/mol. The molecule has 6 nitrogen and oxygen atoms in total. The second-order valence-corrected chi connectivity index (χ2v) is 18.1. The van der Waals surface area contributed by atoms with Crippen molar-refractivity contribution in [2.75, 3.05) is 13.2 Å². The fraction of sp³-hybridized carbons (Fsp3) is 0.609. The molecule has 0 spiro atoms. The maximum absolute atomic E-state index is 12.8. The van der Waals surface area contributed by atoms with Gasteiger partial charge in [-0.1, -0.05) is 238 Å². The Morgan fingerprint density at radius 3 is 0.914 bits per heavy atom. The minimum absolute atomic E-state index is 0.106. The zero-order valence-electron chi connectivity index (χ0n) is 45.0. The molecule has 0 aromatic rings. The van der Waals surface area contributed by atoms with Gasteiger partial charge >= 0.3 is 17.9 Å². The predicted molar refractivity (Wildman–Crippen MR) is 302 cm³/mol. The van der Waals surface area contributed by atoms with E-state index in [0.29, 0.717) is 19.3 Å². The highest BCUT2D eigenvalue weighted by atomic mass is 16.6. The number of hydrogen-bond donors (Lipinski definition) is 0. The number of carbonyl (C=O) groups excluding carboxylic acids is 3. The van der Waals surface area contributed by atoms with Crippen LogP contribution in [0.5, 0.6) is 0 Å². The van der Waals surface area contributed by atoms with Crippen LogP contribution in [0, 0.1) is 0 Å². The lowest BCUT2D eigenvalue weighted by atomic mass is 10.1. The van der Waals surface area contributed by atoms with Gasteiger partial charge in [0.1, 0.15) is 13.2 Å². The molecule has 1 atom stereocenters. The zero-order chi connectivity index (χ0) is 50.7. The van der Waals surface area contributed by atoms with Crippen molar-refractivity contribution in [3.8, 4) is 0 Å². The van der Waals surface area contributed by atoms with Gasteiger partial charge in [-0.05, 0) is 109 Å². The molecule has 70 heavy (non-hydrogen) atoms. The maximum atomic E-state index is 12.8. The van der Waals surface area contributed by atoms with E-state index in [9.17, 15) is 14.4 Å². The summed E-state index contributed by atoms with van der Waals surface area (Å²) in [5, 5.41) is 0. The van der Waals surface area contributed by atoms with Gasteiger partial charge in [0.25, 0.3) is 0 Å². The molecule has 6 heteroatoms. The summed E-state index contributed by atoms with van der Waals surface area (Å²) in [5.74, 6) is -0.984. The van der Waals surface area contributed by atoms with Gasteiger partial charge in [-0.2, -0.15) is 0 Å². The fourth-order valence-electron chi connectivity index (χ4n) is 7.24. The Morgan fingerprint density at radius 2 is 0.571 bits per heavy atom. The smallest absolute Gasteiger partial charge is 0.306 e. The third kappa shape index (κ3) is 54.5. The second kappa shape index (κ2) is 57.1. The summed E-state index contributed by atoms with van der Waals surface area (Å²) in [6.45, 7) is 6.31. The highest BCUT2D eigenvalue weighted by molar-refractivity contribution is 5.71. The Labute approximate surface area is 430 Å². The Kier molecular flexibility index (Phi) is 53.5. The molecule has 0 radical (unpaired) electrons. The molecule has 0 N–H and O–H groups in total. The van der Waals surface area contributed by atoms with E-state index in [1.807, 2.05) is 0 Å². The van der Waals surface area contributed by atoms with Crippen LogP contribution in [0.1, 0.15) is 233 Å². The summed E-state index contributed by atoms with van der Waals surface area (Å²) in [5.41, 5.74) is 0. The molecule has 0 heterocycles. The molecule has 0 aromatic heterocycles.